The van der Waals surface area contributed by atoms with Crippen LogP contribution >= 0.6 is 0 Å². The van der Waals surface area contributed by atoms with E-state index in [9.17, 15) is 4.79 Å². The Balaban J connectivity index is 1.48. The molecule has 1 saturated heterocycles. The molecule has 1 aliphatic heterocycles. The van der Waals surface area contributed by atoms with Crippen molar-refractivity contribution in [1.29, 1.82) is 0 Å². The number of anilines is 1. The van der Waals surface area contributed by atoms with Crippen molar-refractivity contribution in [3.63, 3.8) is 0 Å². The minimum atomic E-state index is 0.0706. The first-order valence-electron chi connectivity index (χ1n) is 9.35. The van der Waals surface area contributed by atoms with E-state index in [0.29, 0.717) is 18.7 Å². The summed E-state index contributed by atoms with van der Waals surface area (Å²) in [6, 6.07) is 15.5. The molecule has 0 spiro atoms. The van der Waals surface area contributed by atoms with Crippen molar-refractivity contribution in [3.05, 3.63) is 54.1 Å². The minimum Gasteiger partial charge on any atom is -0.497 e. The van der Waals surface area contributed by atoms with E-state index in [0.717, 1.165) is 42.4 Å². The summed E-state index contributed by atoms with van der Waals surface area (Å²) in [5, 5.41) is 0. The standard InChI is InChI=1S/C21H24N4O2/c1-3-25-19-7-5-4-6-18(19)22-21(25)24-14-12-23(13-15-24)20(26)16-8-10-17(27-2)11-9-16/h4-11H,3,12-15H2,1-2H3. The van der Waals surface area contributed by atoms with Crippen LogP contribution < -0.4 is 9.64 Å². The smallest absolute Gasteiger partial charge is 0.253 e. The number of carbonyl (C=O) groups excluding carboxylic acids is 1. The summed E-state index contributed by atoms with van der Waals surface area (Å²) in [5.74, 6) is 1.83. The summed E-state index contributed by atoms with van der Waals surface area (Å²) >= 11 is 0. The van der Waals surface area contributed by atoms with Crippen LogP contribution in [0.1, 0.15) is 17.3 Å². The van der Waals surface area contributed by atoms with Crippen molar-refractivity contribution in [2.45, 2.75) is 13.5 Å². The molecule has 140 valence electrons. The van der Waals surface area contributed by atoms with E-state index in [4.69, 9.17) is 9.72 Å². The van der Waals surface area contributed by atoms with Crippen molar-refractivity contribution in [2.75, 3.05) is 38.2 Å². The van der Waals surface area contributed by atoms with E-state index >= 15 is 0 Å². The van der Waals surface area contributed by atoms with Gasteiger partial charge in [-0.3, -0.25) is 4.79 Å². The Bertz CT molecular complexity index is 940. The second-order valence-corrected chi connectivity index (χ2v) is 6.65. The molecule has 1 aliphatic rings. The van der Waals surface area contributed by atoms with Gasteiger partial charge in [0, 0.05) is 38.3 Å². The molecule has 3 aromatic rings. The zero-order valence-electron chi connectivity index (χ0n) is 15.8. The third-order valence-electron chi connectivity index (χ3n) is 5.14. The van der Waals surface area contributed by atoms with Gasteiger partial charge in [0.05, 0.1) is 18.1 Å². The van der Waals surface area contributed by atoms with Crippen LogP contribution in [0.25, 0.3) is 11.0 Å². The van der Waals surface area contributed by atoms with Gasteiger partial charge in [-0.25, -0.2) is 4.98 Å². The van der Waals surface area contributed by atoms with Crippen molar-refractivity contribution >= 4 is 22.9 Å². The Morgan fingerprint density at radius 1 is 1.04 bits per heavy atom. The number of piperazine rings is 1. The quantitative estimate of drug-likeness (QED) is 0.714. The van der Waals surface area contributed by atoms with Gasteiger partial charge >= 0.3 is 0 Å². The lowest BCUT2D eigenvalue weighted by molar-refractivity contribution is 0.0746. The van der Waals surface area contributed by atoms with E-state index in [-0.39, 0.29) is 5.91 Å². The predicted molar refractivity (Wildman–Crippen MR) is 107 cm³/mol. The molecular weight excluding hydrogens is 340 g/mol. The van der Waals surface area contributed by atoms with Gasteiger partial charge < -0.3 is 19.1 Å². The maximum absolute atomic E-state index is 12.8. The summed E-state index contributed by atoms with van der Waals surface area (Å²) < 4.78 is 7.41. The van der Waals surface area contributed by atoms with Gasteiger partial charge in [0.2, 0.25) is 5.95 Å². The average Bonchev–Trinajstić information content (AvgIpc) is 3.12. The summed E-state index contributed by atoms with van der Waals surface area (Å²) in [7, 11) is 1.62. The number of aryl methyl sites for hydroxylation is 1. The molecule has 0 bridgehead atoms. The number of methoxy groups -OCH3 is 1. The lowest BCUT2D eigenvalue weighted by Gasteiger charge is -2.35. The number of hydrogen-bond donors (Lipinski definition) is 0. The second-order valence-electron chi connectivity index (χ2n) is 6.65. The molecule has 0 unspecified atom stereocenters. The Hall–Kier alpha value is -3.02. The number of carbonyl (C=O) groups is 1. The summed E-state index contributed by atoms with van der Waals surface area (Å²) in [4.78, 5) is 21.8. The number of amides is 1. The number of benzene rings is 2. The van der Waals surface area contributed by atoms with Gasteiger partial charge in [0.1, 0.15) is 5.75 Å². The molecule has 27 heavy (non-hydrogen) atoms. The molecule has 0 aliphatic carbocycles. The van der Waals surface area contributed by atoms with Gasteiger partial charge in [-0.05, 0) is 43.3 Å². The summed E-state index contributed by atoms with van der Waals surface area (Å²) in [6.07, 6.45) is 0. The number of aromatic nitrogens is 2. The fourth-order valence-corrected chi connectivity index (χ4v) is 3.64. The molecule has 0 saturated carbocycles. The third-order valence-corrected chi connectivity index (χ3v) is 5.14. The monoisotopic (exact) mass is 364 g/mol. The number of nitrogens with zero attached hydrogens (tertiary/aromatic N) is 4. The first-order valence-corrected chi connectivity index (χ1v) is 9.35. The highest BCUT2D eigenvalue weighted by Gasteiger charge is 2.25. The van der Waals surface area contributed by atoms with Crippen LogP contribution in [0, 0.1) is 0 Å². The van der Waals surface area contributed by atoms with Crippen LogP contribution in [0.4, 0.5) is 5.95 Å². The zero-order chi connectivity index (χ0) is 18.8. The highest BCUT2D eigenvalue weighted by molar-refractivity contribution is 5.94. The maximum Gasteiger partial charge on any atom is 0.253 e. The fraction of sp³-hybridized carbons (Fsp3) is 0.333. The Labute approximate surface area is 159 Å². The van der Waals surface area contributed by atoms with Gasteiger partial charge in [0.25, 0.3) is 5.91 Å². The van der Waals surface area contributed by atoms with Crippen LogP contribution in [0.3, 0.4) is 0 Å². The molecule has 6 heteroatoms. The highest BCUT2D eigenvalue weighted by Crippen LogP contribution is 2.24. The summed E-state index contributed by atoms with van der Waals surface area (Å²) in [6.45, 7) is 5.97. The van der Waals surface area contributed by atoms with Crippen LogP contribution in [-0.2, 0) is 6.54 Å². The van der Waals surface area contributed by atoms with Crippen molar-refractivity contribution < 1.29 is 9.53 Å². The molecule has 0 radical (unpaired) electrons. The average molecular weight is 364 g/mol. The molecule has 6 nitrogen and oxygen atoms in total. The van der Waals surface area contributed by atoms with Crippen molar-refractivity contribution in [3.8, 4) is 5.75 Å². The summed E-state index contributed by atoms with van der Waals surface area (Å²) in [5.41, 5.74) is 2.88. The lowest BCUT2D eigenvalue weighted by Crippen LogP contribution is -2.49. The van der Waals surface area contributed by atoms with E-state index in [1.807, 2.05) is 41.3 Å². The Kier molecular flexibility index (Phi) is 4.71. The molecule has 1 aromatic heterocycles. The van der Waals surface area contributed by atoms with E-state index < -0.39 is 0 Å². The van der Waals surface area contributed by atoms with Crippen molar-refractivity contribution in [2.24, 2.45) is 0 Å². The van der Waals surface area contributed by atoms with Crippen LogP contribution in [0.2, 0.25) is 0 Å². The molecule has 0 atom stereocenters. The molecule has 1 fully saturated rings. The Morgan fingerprint density at radius 3 is 2.41 bits per heavy atom. The van der Waals surface area contributed by atoms with Gasteiger partial charge in [-0.1, -0.05) is 12.1 Å². The molecule has 1 amide bonds. The van der Waals surface area contributed by atoms with Gasteiger partial charge in [0.15, 0.2) is 0 Å². The van der Waals surface area contributed by atoms with Gasteiger partial charge in [-0.15, -0.1) is 0 Å². The second kappa shape index (κ2) is 7.31. The number of ether oxygens (including phenoxy) is 1. The fourth-order valence-electron chi connectivity index (χ4n) is 3.64. The van der Waals surface area contributed by atoms with Gasteiger partial charge in [-0.2, -0.15) is 0 Å². The minimum absolute atomic E-state index is 0.0706. The molecule has 2 heterocycles. The molecule has 0 N–H and O–H groups in total. The number of hydrogen-bond acceptors (Lipinski definition) is 4. The van der Waals surface area contributed by atoms with Crippen LogP contribution in [0.15, 0.2) is 48.5 Å². The largest absolute Gasteiger partial charge is 0.497 e. The van der Waals surface area contributed by atoms with E-state index in [1.54, 1.807) is 7.11 Å². The van der Waals surface area contributed by atoms with Crippen LogP contribution in [-0.4, -0.2) is 53.6 Å². The number of para-hydroxylation sites is 2. The number of imidazole rings is 1. The van der Waals surface area contributed by atoms with E-state index in [1.165, 1.54) is 0 Å². The first kappa shape index (κ1) is 17.4. The molecule has 2 aromatic carbocycles. The maximum atomic E-state index is 12.8. The number of rotatable bonds is 4. The predicted octanol–water partition coefficient (Wildman–Crippen LogP) is 3.03. The topological polar surface area (TPSA) is 50.6 Å². The first-order chi connectivity index (χ1) is 13.2. The Morgan fingerprint density at radius 2 is 1.74 bits per heavy atom. The third kappa shape index (κ3) is 3.23. The highest BCUT2D eigenvalue weighted by atomic mass is 16.5. The molecular formula is C21H24N4O2. The van der Waals surface area contributed by atoms with E-state index in [2.05, 4.69) is 28.5 Å². The van der Waals surface area contributed by atoms with Crippen molar-refractivity contribution in [1.82, 2.24) is 14.5 Å². The molecule has 4 rings (SSSR count). The SMILES string of the molecule is CCn1c(N2CCN(C(=O)c3ccc(OC)cc3)CC2)nc2ccccc21. The number of fused-ring (bicyclic) bond motifs is 1. The van der Waals surface area contributed by atoms with Crippen LogP contribution in [0.5, 0.6) is 5.75 Å². The zero-order valence-corrected chi connectivity index (χ0v) is 15.8. The normalized spacial score (nSPS) is 14.6. The lowest BCUT2D eigenvalue weighted by atomic mass is 10.1.